The summed E-state index contributed by atoms with van der Waals surface area (Å²) in [5.41, 5.74) is 0. The van der Waals surface area contributed by atoms with Crippen molar-refractivity contribution in [1.82, 2.24) is 0 Å². The zero-order chi connectivity index (χ0) is 14.3. The van der Waals surface area contributed by atoms with E-state index in [0.717, 1.165) is 0 Å². The minimum absolute atomic E-state index is 1.43. The van der Waals surface area contributed by atoms with Crippen LogP contribution >= 0.6 is 0 Å². The van der Waals surface area contributed by atoms with Gasteiger partial charge in [0.15, 0.2) is 0 Å². The molecule has 2 heterocycles. The van der Waals surface area contributed by atoms with E-state index in [-0.39, 0.29) is 0 Å². The van der Waals surface area contributed by atoms with Crippen LogP contribution in [0.4, 0.5) is 0 Å². The summed E-state index contributed by atoms with van der Waals surface area (Å²) in [6.45, 7) is 11.4. The topological polar surface area (TPSA) is 64.6 Å². The van der Waals surface area contributed by atoms with Gasteiger partial charge in [0, 0.05) is 13.1 Å². The van der Waals surface area contributed by atoms with Crippen molar-refractivity contribution >= 4 is 54.7 Å². The number of rotatable bonds is 0. The van der Waals surface area contributed by atoms with Crippen molar-refractivity contribution in [2.75, 3.05) is 0 Å². The van der Waals surface area contributed by atoms with Gasteiger partial charge < -0.3 is 28.8 Å². The summed E-state index contributed by atoms with van der Waals surface area (Å²) in [6.07, 6.45) is 0. The van der Waals surface area contributed by atoms with Gasteiger partial charge in [0.2, 0.25) is 0 Å². The molecule has 0 spiro atoms. The largest absolute Gasteiger partial charge is 0.472 e. The van der Waals surface area contributed by atoms with Gasteiger partial charge in [0.25, 0.3) is 0 Å². The minimum Gasteiger partial charge on any atom is -0.414 e. The molecule has 108 valence electrons. The molecule has 2 aliphatic rings. The maximum absolute atomic E-state index is 6.12. The molecular formula is C6H18O7Si6. The van der Waals surface area contributed by atoms with E-state index >= 15 is 0 Å². The van der Waals surface area contributed by atoms with Crippen molar-refractivity contribution in [3.63, 3.8) is 0 Å². The van der Waals surface area contributed by atoms with Gasteiger partial charge in [-0.15, -0.1) is 0 Å². The Morgan fingerprint density at radius 2 is 0.842 bits per heavy atom. The molecule has 13 heteroatoms. The monoisotopic (exact) mass is 370 g/mol. The van der Waals surface area contributed by atoms with Crippen molar-refractivity contribution in [3.05, 3.63) is 0 Å². The molecule has 2 aliphatic heterocycles. The van der Waals surface area contributed by atoms with E-state index in [1.54, 1.807) is 0 Å². The number of hydrogen-bond acceptors (Lipinski definition) is 7. The third kappa shape index (κ3) is 4.49. The summed E-state index contributed by atoms with van der Waals surface area (Å²) >= 11 is 0. The SMILES string of the molecule is C[Si]1O[Si](C)O[Si]2(C)O[Si](C)O[Si](C)O[Si](C)(O1)O2. The summed E-state index contributed by atoms with van der Waals surface area (Å²) in [5.74, 6) is 0. The molecule has 0 aromatic rings. The van der Waals surface area contributed by atoms with Crippen LogP contribution < -0.4 is 0 Å². The smallest absolute Gasteiger partial charge is 0.414 e. The van der Waals surface area contributed by atoms with Gasteiger partial charge in [-0.2, -0.15) is 0 Å². The van der Waals surface area contributed by atoms with Gasteiger partial charge in [-0.1, -0.05) is 0 Å². The summed E-state index contributed by atoms with van der Waals surface area (Å²) in [4.78, 5) is 0. The first-order valence-corrected chi connectivity index (χ1v) is 17.6. The molecule has 0 unspecified atom stereocenters. The predicted octanol–water partition coefficient (Wildman–Crippen LogP) is 0.739. The second-order valence-electron chi connectivity index (χ2n) is 4.41. The fourth-order valence-electron chi connectivity index (χ4n) is 1.99. The maximum Gasteiger partial charge on any atom is 0.472 e. The summed E-state index contributed by atoms with van der Waals surface area (Å²) < 4.78 is 41.5. The summed E-state index contributed by atoms with van der Waals surface area (Å²) in [5, 5.41) is 0. The average Bonchev–Trinajstić information content (AvgIpc) is 2.08. The third-order valence-electron chi connectivity index (χ3n) is 2.26. The zero-order valence-electron chi connectivity index (χ0n) is 11.9. The first-order chi connectivity index (χ1) is 8.70. The van der Waals surface area contributed by atoms with E-state index < -0.39 is 54.7 Å². The van der Waals surface area contributed by atoms with Crippen LogP contribution in [0.1, 0.15) is 0 Å². The molecule has 2 rings (SSSR count). The molecule has 0 aromatic heterocycles. The number of fused-ring (bicyclic) bond motifs is 2. The molecule has 0 aromatic carbocycles. The predicted molar refractivity (Wildman–Crippen MR) is 77.3 cm³/mol. The molecule has 0 amide bonds. The van der Waals surface area contributed by atoms with E-state index in [0.29, 0.717) is 0 Å². The van der Waals surface area contributed by atoms with Crippen molar-refractivity contribution < 1.29 is 28.8 Å². The molecule has 0 atom stereocenters. The van der Waals surface area contributed by atoms with Crippen LogP contribution in [0.5, 0.6) is 0 Å². The molecule has 0 saturated carbocycles. The van der Waals surface area contributed by atoms with Crippen LogP contribution in [0.15, 0.2) is 0 Å². The summed E-state index contributed by atoms with van der Waals surface area (Å²) in [6, 6.07) is 0. The highest BCUT2D eigenvalue weighted by atomic mass is 28.6. The second kappa shape index (κ2) is 6.02. The highest BCUT2D eigenvalue weighted by Gasteiger charge is 2.55. The Hall–Kier alpha value is 1.02. The molecule has 2 bridgehead atoms. The molecule has 4 radical (unpaired) electrons. The van der Waals surface area contributed by atoms with Crippen LogP contribution in [0.3, 0.4) is 0 Å². The Labute approximate surface area is 123 Å². The van der Waals surface area contributed by atoms with Crippen LogP contribution in [0, 0.1) is 0 Å². The lowest BCUT2D eigenvalue weighted by Gasteiger charge is -2.43. The first-order valence-electron chi connectivity index (χ1n) is 5.86. The standard InChI is InChI=1S/C6H18O7Si6/c1-14-7-15(2)10-19(6)12-17(4)8-16(3)11-18(5,9-14)13-19/h1-6H3. The van der Waals surface area contributed by atoms with E-state index in [4.69, 9.17) is 28.8 Å². The zero-order valence-corrected chi connectivity index (χ0v) is 17.9. The van der Waals surface area contributed by atoms with E-state index in [2.05, 4.69) is 0 Å². The van der Waals surface area contributed by atoms with Crippen LogP contribution in [0.25, 0.3) is 0 Å². The van der Waals surface area contributed by atoms with E-state index in [9.17, 15) is 0 Å². The van der Waals surface area contributed by atoms with Gasteiger partial charge in [0.05, 0.1) is 0 Å². The Bertz CT molecular complexity index is 283. The lowest BCUT2D eigenvalue weighted by molar-refractivity contribution is 0.134. The van der Waals surface area contributed by atoms with Crippen molar-refractivity contribution in [3.8, 4) is 0 Å². The second-order valence-corrected chi connectivity index (χ2v) is 17.5. The Balaban J connectivity index is 2.26. The van der Waals surface area contributed by atoms with Gasteiger partial charge in [-0.25, -0.2) is 0 Å². The average molecular weight is 371 g/mol. The molecule has 19 heavy (non-hydrogen) atoms. The number of hydrogen-bond donors (Lipinski definition) is 0. The van der Waals surface area contributed by atoms with Gasteiger partial charge in [-0.3, -0.25) is 0 Å². The normalized spacial score (nSPS) is 41.4. The molecule has 2 fully saturated rings. The van der Waals surface area contributed by atoms with E-state index in [1.807, 2.05) is 39.3 Å². The fraction of sp³-hybridized carbons (Fsp3) is 1.00. The molecule has 0 aliphatic carbocycles. The Morgan fingerprint density at radius 1 is 0.579 bits per heavy atom. The highest BCUT2D eigenvalue weighted by Crippen LogP contribution is 2.27. The lowest BCUT2D eigenvalue weighted by Crippen LogP contribution is -2.66. The highest BCUT2D eigenvalue weighted by molar-refractivity contribution is 6.87. The van der Waals surface area contributed by atoms with Crippen LogP contribution in [-0.2, 0) is 28.8 Å². The van der Waals surface area contributed by atoms with Gasteiger partial charge >= 0.3 is 54.7 Å². The van der Waals surface area contributed by atoms with Crippen molar-refractivity contribution in [2.45, 2.75) is 39.3 Å². The molecule has 0 N–H and O–H groups in total. The van der Waals surface area contributed by atoms with Crippen molar-refractivity contribution in [1.29, 1.82) is 0 Å². The van der Waals surface area contributed by atoms with Crippen LogP contribution in [0.2, 0.25) is 39.3 Å². The fourth-order valence-corrected chi connectivity index (χ4v) is 21.7. The quantitative estimate of drug-likeness (QED) is 0.583. The molecule has 2 saturated heterocycles. The van der Waals surface area contributed by atoms with Gasteiger partial charge in [0.1, 0.15) is 0 Å². The Kier molecular flexibility index (Phi) is 5.20. The van der Waals surface area contributed by atoms with E-state index in [1.165, 1.54) is 0 Å². The summed E-state index contributed by atoms with van der Waals surface area (Å²) in [7, 11) is -11.4. The van der Waals surface area contributed by atoms with Crippen LogP contribution in [-0.4, -0.2) is 54.7 Å². The van der Waals surface area contributed by atoms with Gasteiger partial charge in [-0.05, 0) is 26.2 Å². The lowest BCUT2D eigenvalue weighted by atomic mass is 11.9. The minimum atomic E-state index is -2.82. The maximum atomic E-state index is 6.12. The van der Waals surface area contributed by atoms with Crippen molar-refractivity contribution in [2.24, 2.45) is 0 Å². The molecule has 7 nitrogen and oxygen atoms in total. The third-order valence-corrected chi connectivity index (χ3v) is 20.4. The Morgan fingerprint density at radius 3 is 1.11 bits per heavy atom. The molecular weight excluding hydrogens is 353 g/mol. The first kappa shape index (κ1) is 16.4.